The molecule has 2 heterocycles. The summed E-state index contributed by atoms with van der Waals surface area (Å²) < 4.78 is 5.36. The molecule has 6 nitrogen and oxygen atoms in total. The maximum absolute atomic E-state index is 11.0. The number of hydrogen-bond donors (Lipinski definition) is 1. The van der Waals surface area contributed by atoms with Gasteiger partial charge in [-0.05, 0) is 24.3 Å². The van der Waals surface area contributed by atoms with E-state index in [2.05, 4.69) is 10.3 Å². The van der Waals surface area contributed by atoms with Gasteiger partial charge in [0.25, 0.3) is 5.69 Å². The normalized spacial score (nSPS) is 11.0. The Kier molecular flexibility index (Phi) is 3.35. The van der Waals surface area contributed by atoms with E-state index in [0.29, 0.717) is 12.1 Å². The fourth-order valence-electron chi connectivity index (χ4n) is 2.77. The molecule has 0 amide bonds. The summed E-state index contributed by atoms with van der Waals surface area (Å²) in [7, 11) is 0. The summed E-state index contributed by atoms with van der Waals surface area (Å²) in [5.41, 5.74) is 2.29. The molecule has 0 unspecified atom stereocenters. The Morgan fingerprint density at radius 3 is 2.67 bits per heavy atom. The smallest absolute Gasteiger partial charge is 0.271 e. The summed E-state index contributed by atoms with van der Waals surface area (Å²) in [5, 5.41) is 16.2. The predicted molar refractivity (Wildman–Crippen MR) is 91.9 cm³/mol. The van der Waals surface area contributed by atoms with E-state index in [1.807, 2.05) is 36.4 Å². The molecule has 0 saturated carbocycles. The molecule has 0 radical (unpaired) electrons. The number of anilines is 1. The topological polar surface area (TPSA) is 81.2 Å². The molecule has 0 bridgehead atoms. The Morgan fingerprint density at radius 2 is 1.88 bits per heavy atom. The van der Waals surface area contributed by atoms with E-state index >= 15 is 0 Å². The summed E-state index contributed by atoms with van der Waals surface area (Å²) >= 11 is 0. The number of furan rings is 1. The van der Waals surface area contributed by atoms with E-state index in [-0.39, 0.29) is 5.69 Å². The van der Waals surface area contributed by atoms with Gasteiger partial charge in [0.1, 0.15) is 5.76 Å². The van der Waals surface area contributed by atoms with Crippen molar-refractivity contribution in [3.63, 3.8) is 0 Å². The quantitative estimate of drug-likeness (QED) is 0.340. The minimum atomic E-state index is -0.410. The molecule has 0 saturated heterocycles. The number of hydrogen-bond acceptors (Lipinski definition) is 5. The standard InChI is InChI=1S/C18H13N3O3/c22-21(23)12-7-8-15-17(10-12)20-16-6-2-1-5-14(16)18(15)19-11-13-4-3-9-24-13/h1-10H,11H2,(H,19,20). The molecule has 4 rings (SSSR count). The number of nitrogens with one attached hydrogen (secondary N) is 1. The molecule has 4 aromatic rings. The van der Waals surface area contributed by atoms with Crippen LogP contribution in [0.15, 0.2) is 65.3 Å². The van der Waals surface area contributed by atoms with Crippen LogP contribution in [0.2, 0.25) is 0 Å². The molecule has 0 atom stereocenters. The molecule has 0 aliphatic carbocycles. The summed E-state index contributed by atoms with van der Waals surface area (Å²) in [6, 6.07) is 16.2. The van der Waals surface area contributed by atoms with Crippen molar-refractivity contribution in [3.05, 3.63) is 76.7 Å². The van der Waals surface area contributed by atoms with Crippen LogP contribution >= 0.6 is 0 Å². The van der Waals surface area contributed by atoms with Gasteiger partial charge in [0.05, 0.1) is 34.5 Å². The number of non-ortho nitro benzene ring substituents is 1. The third-order valence-electron chi connectivity index (χ3n) is 3.90. The summed E-state index contributed by atoms with van der Waals surface area (Å²) in [5.74, 6) is 0.811. The van der Waals surface area contributed by atoms with E-state index in [1.165, 1.54) is 12.1 Å². The van der Waals surface area contributed by atoms with Crippen LogP contribution in [-0.4, -0.2) is 9.91 Å². The first-order valence-electron chi connectivity index (χ1n) is 7.45. The average molecular weight is 319 g/mol. The number of fused-ring (bicyclic) bond motifs is 2. The molecular weight excluding hydrogens is 306 g/mol. The van der Waals surface area contributed by atoms with E-state index in [4.69, 9.17) is 4.42 Å². The second-order valence-corrected chi connectivity index (χ2v) is 5.40. The maximum Gasteiger partial charge on any atom is 0.271 e. The van der Waals surface area contributed by atoms with Crippen LogP contribution in [0.25, 0.3) is 21.8 Å². The van der Waals surface area contributed by atoms with Gasteiger partial charge in [-0.2, -0.15) is 0 Å². The Hall–Kier alpha value is -3.41. The Morgan fingerprint density at radius 1 is 1.04 bits per heavy atom. The van der Waals surface area contributed by atoms with Gasteiger partial charge in [-0.15, -0.1) is 0 Å². The zero-order valence-electron chi connectivity index (χ0n) is 12.6. The van der Waals surface area contributed by atoms with E-state index < -0.39 is 4.92 Å². The highest BCUT2D eigenvalue weighted by molar-refractivity contribution is 6.07. The van der Waals surface area contributed by atoms with Gasteiger partial charge < -0.3 is 9.73 Å². The first-order chi connectivity index (χ1) is 11.7. The Labute approximate surface area is 136 Å². The number of rotatable bonds is 4. The lowest BCUT2D eigenvalue weighted by Crippen LogP contribution is -2.01. The van der Waals surface area contributed by atoms with E-state index in [0.717, 1.165) is 27.7 Å². The summed E-state index contributed by atoms with van der Waals surface area (Å²) in [6.45, 7) is 0.521. The molecule has 6 heteroatoms. The van der Waals surface area contributed by atoms with E-state index in [1.54, 1.807) is 12.3 Å². The van der Waals surface area contributed by atoms with Gasteiger partial charge in [0.15, 0.2) is 0 Å². The van der Waals surface area contributed by atoms with Crippen LogP contribution in [0, 0.1) is 10.1 Å². The van der Waals surface area contributed by atoms with Gasteiger partial charge in [0.2, 0.25) is 0 Å². The van der Waals surface area contributed by atoms with Crippen LogP contribution in [0.4, 0.5) is 11.4 Å². The first kappa shape index (κ1) is 14.2. The summed E-state index contributed by atoms with van der Waals surface area (Å²) in [6.07, 6.45) is 1.63. The van der Waals surface area contributed by atoms with Crippen molar-refractivity contribution in [2.24, 2.45) is 0 Å². The zero-order valence-corrected chi connectivity index (χ0v) is 12.6. The molecule has 24 heavy (non-hydrogen) atoms. The number of pyridine rings is 1. The SMILES string of the molecule is O=[N+]([O-])c1ccc2c(NCc3ccco3)c3ccccc3nc2c1. The van der Waals surface area contributed by atoms with Crippen molar-refractivity contribution >= 4 is 33.2 Å². The Bertz CT molecular complexity index is 1040. The first-order valence-corrected chi connectivity index (χ1v) is 7.45. The van der Waals surface area contributed by atoms with Crippen molar-refractivity contribution in [2.75, 3.05) is 5.32 Å². The average Bonchev–Trinajstić information content (AvgIpc) is 3.11. The second-order valence-electron chi connectivity index (χ2n) is 5.40. The van der Waals surface area contributed by atoms with Crippen LogP contribution in [0.3, 0.4) is 0 Å². The zero-order chi connectivity index (χ0) is 16.5. The van der Waals surface area contributed by atoms with E-state index in [9.17, 15) is 10.1 Å². The lowest BCUT2D eigenvalue weighted by Gasteiger charge is -2.12. The lowest BCUT2D eigenvalue weighted by molar-refractivity contribution is -0.384. The van der Waals surface area contributed by atoms with Crippen molar-refractivity contribution in [1.29, 1.82) is 0 Å². The van der Waals surface area contributed by atoms with Gasteiger partial charge >= 0.3 is 0 Å². The second kappa shape index (κ2) is 5.66. The highest BCUT2D eigenvalue weighted by Gasteiger charge is 2.13. The van der Waals surface area contributed by atoms with Crippen LogP contribution in [0.5, 0.6) is 0 Å². The largest absolute Gasteiger partial charge is 0.467 e. The highest BCUT2D eigenvalue weighted by Crippen LogP contribution is 2.32. The molecule has 2 aromatic heterocycles. The molecule has 0 spiro atoms. The number of aromatic nitrogens is 1. The third-order valence-corrected chi connectivity index (χ3v) is 3.90. The van der Waals surface area contributed by atoms with Crippen LogP contribution in [-0.2, 0) is 6.54 Å². The number of nitrogens with zero attached hydrogens (tertiary/aromatic N) is 2. The number of nitro groups is 1. The third kappa shape index (κ3) is 2.44. The van der Waals surface area contributed by atoms with Gasteiger partial charge in [-0.3, -0.25) is 10.1 Å². The monoisotopic (exact) mass is 319 g/mol. The van der Waals surface area contributed by atoms with Crippen molar-refractivity contribution in [3.8, 4) is 0 Å². The molecule has 0 fully saturated rings. The minimum absolute atomic E-state index is 0.0299. The minimum Gasteiger partial charge on any atom is -0.467 e. The maximum atomic E-state index is 11.0. The molecular formula is C18H13N3O3. The molecule has 0 aliphatic rings. The molecule has 118 valence electrons. The fourth-order valence-corrected chi connectivity index (χ4v) is 2.77. The number of benzene rings is 2. The Balaban J connectivity index is 1.90. The molecule has 2 aromatic carbocycles. The van der Waals surface area contributed by atoms with Crippen molar-refractivity contribution in [1.82, 2.24) is 4.98 Å². The van der Waals surface area contributed by atoms with Gasteiger partial charge in [0, 0.05) is 22.9 Å². The number of para-hydroxylation sites is 1. The van der Waals surface area contributed by atoms with Crippen molar-refractivity contribution < 1.29 is 9.34 Å². The van der Waals surface area contributed by atoms with Crippen LogP contribution < -0.4 is 5.32 Å². The lowest BCUT2D eigenvalue weighted by atomic mass is 10.1. The van der Waals surface area contributed by atoms with Crippen LogP contribution in [0.1, 0.15) is 5.76 Å². The number of nitro benzene ring substituents is 1. The predicted octanol–water partition coefficient (Wildman–Crippen LogP) is 4.50. The molecule has 1 N–H and O–H groups in total. The van der Waals surface area contributed by atoms with Gasteiger partial charge in [-0.25, -0.2) is 4.98 Å². The van der Waals surface area contributed by atoms with Gasteiger partial charge in [-0.1, -0.05) is 18.2 Å². The highest BCUT2D eigenvalue weighted by atomic mass is 16.6. The van der Waals surface area contributed by atoms with Crippen molar-refractivity contribution in [2.45, 2.75) is 6.54 Å². The summed E-state index contributed by atoms with van der Waals surface area (Å²) in [4.78, 5) is 15.2. The molecule has 0 aliphatic heterocycles. The fraction of sp³-hybridized carbons (Fsp3) is 0.0556.